The van der Waals surface area contributed by atoms with E-state index in [0.717, 1.165) is 62.2 Å². The number of nitrogens with one attached hydrogen (secondary N) is 2. The van der Waals surface area contributed by atoms with Crippen LogP contribution in [0.1, 0.15) is 36.3 Å². The Morgan fingerprint density at radius 1 is 1.10 bits per heavy atom. The van der Waals surface area contributed by atoms with Crippen molar-refractivity contribution in [2.24, 2.45) is 11.3 Å². The molecule has 4 aromatic rings. The number of ether oxygens (including phenoxy) is 1. The van der Waals surface area contributed by atoms with Gasteiger partial charge in [-0.3, -0.25) is 9.69 Å². The zero-order chi connectivity index (χ0) is 27.4. The summed E-state index contributed by atoms with van der Waals surface area (Å²) in [5.74, 6) is -0.487. The van der Waals surface area contributed by atoms with Crippen molar-refractivity contribution in [1.29, 1.82) is 0 Å². The Labute approximate surface area is 228 Å². The number of hydrogen-bond acceptors (Lipinski definition) is 7. The minimum absolute atomic E-state index is 0.137. The van der Waals surface area contributed by atoms with Crippen molar-refractivity contribution >= 4 is 22.8 Å². The lowest BCUT2D eigenvalue weighted by molar-refractivity contribution is -0.138. The number of hydrogen-bond donors (Lipinski definition) is 3. The van der Waals surface area contributed by atoms with Crippen LogP contribution in [0.4, 0.5) is 10.2 Å². The third-order valence-corrected chi connectivity index (χ3v) is 8.60. The summed E-state index contributed by atoms with van der Waals surface area (Å²) < 4.78 is 20.3. The number of imidazole rings is 1. The molecular weight excluding hydrogens is 515 g/mol. The fraction of sp³-hybridized carbons (Fsp3) is 0.379. The molecule has 1 saturated carbocycles. The highest BCUT2D eigenvalue weighted by Gasteiger charge is 2.46. The maximum absolute atomic E-state index is 14.1. The molecule has 10 nitrogen and oxygen atoms in total. The number of aromatic amines is 2. The number of H-pyrrole nitrogens is 2. The Hall–Kier alpha value is -4.25. The molecule has 1 spiro atoms. The summed E-state index contributed by atoms with van der Waals surface area (Å²) in [5, 5.41) is 9.39. The molecule has 2 aromatic heterocycles. The molecule has 7 rings (SSSR count). The molecule has 1 aliphatic carbocycles. The first kappa shape index (κ1) is 24.8. The van der Waals surface area contributed by atoms with Crippen molar-refractivity contribution in [3.05, 3.63) is 76.4 Å². The number of aromatic nitrogens is 4. The molecule has 2 aromatic carbocycles. The van der Waals surface area contributed by atoms with E-state index in [9.17, 15) is 19.1 Å². The zero-order valence-corrected chi connectivity index (χ0v) is 21.8. The average molecular weight is 545 g/mol. The van der Waals surface area contributed by atoms with Gasteiger partial charge in [-0.25, -0.2) is 19.2 Å². The second-order valence-electron chi connectivity index (χ2n) is 11.4. The number of aliphatic carboxylic acids is 1. The summed E-state index contributed by atoms with van der Waals surface area (Å²) in [6, 6.07) is 10.3. The molecule has 3 atom stereocenters. The summed E-state index contributed by atoms with van der Waals surface area (Å²) in [6.07, 6.45) is 5.69. The molecule has 206 valence electrons. The predicted molar refractivity (Wildman–Crippen MR) is 145 cm³/mol. The van der Waals surface area contributed by atoms with Crippen LogP contribution in [0.2, 0.25) is 0 Å². The number of fused-ring (bicyclic) bond motifs is 1. The lowest BCUT2D eigenvalue weighted by Gasteiger charge is -2.26. The number of halogens is 1. The molecule has 0 bridgehead atoms. The van der Waals surface area contributed by atoms with E-state index in [-0.39, 0.29) is 17.0 Å². The Bertz CT molecular complexity index is 1670. The third-order valence-electron chi connectivity index (χ3n) is 8.60. The smallest absolute Gasteiger partial charge is 0.323 e. The van der Waals surface area contributed by atoms with Gasteiger partial charge in [0.05, 0.1) is 23.1 Å². The third kappa shape index (κ3) is 4.60. The van der Waals surface area contributed by atoms with Crippen LogP contribution in [0.5, 0.6) is 11.5 Å². The highest BCUT2D eigenvalue weighted by Crippen LogP contribution is 2.52. The second-order valence-corrected chi connectivity index (χ2v) is 11.4. The SMILES string of the molecule is O=C(O)C1CC1c1cc(F)ccc1Oc1cncnc1N1CCC2(CCN(Cc3ccc4[nH]c(=O)[nH]c4c3)C2)C1. The van der Waals surface area contributed by atoms with Crippen LogP contribution >= 0.6 is 0 Å². The highest BCUT2D eigenvalue weighted by atomic mass is 19.1. The first-order chi connectivity index (χ1) is 19.4. The van der Waals surface area contributed by atoms with E-state index >= 15 is 0 Å². The van der Waals surface area contributed by atoms with Gasteiger partial charge in [-0.1, -0.05) is 6.07 Å². The van der Waals surface area contributed by atoms with Gasteiger partial charge < -0.3 is 24.7 Å². The quantitative estimate of drug-likeness (QED) is 0.320. The lowest BCUT2D eigenvalue weighted by Crippen LogP contribution is -2.31. The molecule has 2 aliphatic heterocycles. The maximum Gasteiger partial charge on any atom is 0.323 e. The first-order valence-corrected chi connectivity index (χ1v) is 13.5. The van der Waals surface area contributed by atoms with Gasteiger partial charge >= 0.3 is 11.7 Å². The monoisotopic (exact) mass is 544 g/mol. The summed E-state index contributed by atoms with van der Waals surface area (Å²) in [4.78, 5) is 42.1. The van der Waals surface area contributed by atoms with Crippen molar-refractivity contribution in [2.45, 2.75) is 31.7 Å². The molecule has 3 aliphatic rings. The molecule has 11 heteroatoms. The van der Waals surface area contributed by atoms with Gasteiger partial charge in [0.2, 0.25) is 0 Å². The van der Waals surface area contributed by atoms with Gasteiger partial charge in [-0.05, 0) is 61.7 Å². The van der Waals surface area contributed by atoms with Crippen LogP contribution in [0.25, 0.3) is 11.0 Å². The van der Waals surface area contributed by atoms with Crippen molar-refractivity contribution in [2.75, 3.05) is 31.1 Å². The molecule has 4 heterocycles. The summed E-state index contributed by atoms with van der Waals surface area (Å²) in [5.41, 5.74) is 3.31. The van der Waals surface area contributed by atoms with E-state index < -0.39 is 17.7 Å². The summed E-state index contributed by atoms with van der Waals surface area (Å²) in [7, 11) is 0. The highest BCUT2D eigenvalue weighted by molar-refractivity contribution is 5.76. The molecule has 0 amide bonds. The predicted octanol–water partition coefficient (Wildman–Crippen LogP) is 3.87. The van der Waals surface area contributed by atoms with Gasteiger partial charge in [-0.15, -0.1) is 0 Å². The zero-order valence-electron chi connectivity index (χ0n) is 21.8. The molecule has 40 heavy (non-hydrogen) atoms. The van der Waals surface area contributed by atoms with E-state index in [0.29, 0.717) is 29.3 Å². The van der Waals surface area contributed by atoms with E-state index in [4.69, 9.17) is 4.74 Å². The van der Waals surface area contributed by atoms with Crippen molar-refractivity contribution < 1.29 is 19.0 Å². The van der Waals surface area contributed by atoms with Gasteiger partial charge in [0.1, 0.15) is 17.9 Å². The number of rotatable bonds is 7. The number of nitrogens with zero attached hydrogens (tertiary/aromatic N) is 4. The largest absolute Gasteiger partial charge is 0.481 e. The van der Waals surface area contributed by atoms with Crippen molar-refractivity contribution in [3.8, 4) is 11.5 Å². The normalized spacial score (nSPS) is 24.3. The van der Waals surface area contributed by atoms with Gasteiger partial charge in [0, 0.05) is 43.1 Å². The van der Waals surface area contributed by atoms with Crippen molar-refractivity contribution in [3.63, 3.8) is 0 Å². The molecule has 3 unspecified atom stereocenters. The topological polar surface area (TPSA) is 127 Å². The first-order valence-electron chi connectivity index (χ1n) is 13.5. The molecule has 0 radical (unpaired) electrons. The number of carboxylic acid groups (broad SMARTS) is 1. The number of anilines is 1. The minimum atomic E-state index is -0.878. The molecule has 2 saturated heterocycles. The Balaban J connectivity index is 1.06. The number of likely N-dealkylation sites (tertiary alicyclic amines) is 1. The fourth-order valence-corrected chi connectivity index (χ4v) is 6.50. The summed E-state index contributed by atoms with van der Waals surface area (Å²) >= 11 is 0. The molecule has 3 fully saturated rings. The number of benzene rings is 2. The second kappa shape index (κ2) is 9.44. The van der Waals surface area contributed by atoms with Crippen LogP contribution in [0, 0.1) is 17.2 Å². The van der Waals surface area contributed by atoms with Gasteiger partial charge in [0.15, 0.2) is 11.6 Å². The van der Waals surface area contributed by atoms with Crippen LogP contribution in [-0.4, -0.2) is 62.1 Å². The van der Waals surface area contributed by atoms with Crippen LogP contribution in [0.15, 0.2) is 53.7 Å². The van der Waals surface area contributed by atoms with E-state index in [1.165, 1.54) is 18.5 Å². The van der Waals surface area contributed by atoms with E-state index in [1.54, 1.807) is 12.3 Å². The fourth-order valence-electron chi connectivity index (χ4n) is 6.50. The van der Waals surface area contributed by atoms with E-state index in [1.807, 2.05) is 12.1 Å². The Kier molecular flexibility index (Phi) is 5.85. The van der Waals surface area contributed by atoms with E-state index in [2.05, 4.69) is 35.8 Å². The standard InChI is InChI=1S/C29H29FN6O4/c30-18-2-4-24(20(10-18)19-11-21(19)27(37)38)40-25-12-31-16-32-26(25)36-8-6-29(15-36)5-7-35(14-29)13-17-1-3-22-23(9-17)34-28(39)33-22/h1-4,9-10,12,16,19,21H,5-8,11,13-15H2,(H,37,38)(H2,33,34,39). The minimum Gasteiger partial charge on any atom is -0.481 e. The number of carboxylic acids is 1. The maximum atomic E-state index is 14.1. The van der Waals surface area contributed by atoms with Crippen LogP contribution in [-0.2, 0) is 11.3 Å². The van der Waals surface area contributed by atoms with Gasteiger partial charge in [-0.2, -0.15) is 0 Å². The van der Waals surface area contributed by atoms with Crippen molar-refractivity contribution in [1.82, 2.24) is 24.8 Å². The van der Waals surface area contributed by atoms with Crippen LogP contribution < -0.4 is 15.3 Å². The number of carbonyl (C=O) groups is 1. The van der Waals surface area contributed by atoms with Gasteiger partial charge in [0.25, 0.3) is 0 Å². The Morgan fingerprint density at radius 2 is 1.95 bits per heavy atom. The van der Waals surface area contributed by atoms with Crippen LogP contribution in [0.3, 0.4) is 0 Å². The molecule has 3 N–H and O–H groups in total. The average Bonchev–Trinajstić information content (AvgIpc) is 3.28. The Morgan fingerprint density at radius 3 is 2.80 bits per heavy atom. The molecular formula is C29H29FN6O4. The summed E-state index contributed by atoms with van der Waals surface area (Å²) in [6.45, 7) is 4.44. The lowest BCUT2D eigenvalue weighted by atomic mass is 9.86.